The van der Waals surface area contributed by atoms with Crippen LogP contribution in [0, 0.1) is 13.8 Å². The van der Waals surface area contributed by atoms with Crippen LogP contribution in [-0.2, 0) is 16.0 Å². The number of likely N-dealkylation sites (N-methyl/N-ethyl adjacent to an activating group) is 1. The first-order valence-corrected chi connectivity index (χ1v) is 10.1. The Balaban J connectivity index is 1.73. The van der Waals surface area contributed by atoms with E-state index in [-0.39, 0.29) is 24.8 Å². The van der Waals surface area contributed by atoms with Gasteiger partial charge in [-0.25, -0.2) is 9.50 Å². The molecule has 3 rings (SSSR count). The first-order chi connectivity index (χ1) is 13.9. The van der Waals surface area contributed by atoms with Gasteiger partial charge in [-0.1, -0.05) is 17.8 Å². The molecule has 0 aliphatic rings. The molecule has 2 aromatic heterocycles. The minimum atomic E-state index is -0.231. The number of benzene rings is 1. The SMILES string of the molecule is CNC(=O)COc1cccc(NC(=O)Cc2c(C)nc3nc(SC)nn3c2C)c1. The number of ether oxygens (including phenoxy) is 1. The van der Waals surface area contributed by atoms with Crippen LogP contribution in [0.25, 0.3) is 5.78 Å². The van der Waals surface area contributed by atoms with E-state index < -0.39 is 0 Å². The summed E-state index contributed by atoms with van der Waals surface area (Å²) in [5, 5.41) is 10.4. The highest BCUT2D eigenvalue weighted by Gasteiger charge is 2.16. The summed E-state index contributed by atoms with van der Waals surface area (Å²) in [4.78, 5) is 32.7. The van der Waals surface area contributed by atoms with Gasteiger partial charge in [-0.15, -0.1) is 5.10 Å². The lowest BCUT2D eigenvalue weighted by atomic mass is 10.1. The van der Waals surface area contributed by atoms with Crippen molar-refractivity contribution in [3.05, 3.63) is 41.2 Å². The Kier molecular flexibility index (Phi) is 6.32. The third kappa shape index (κ3) is 4.83. The van der Waals surface area contributed by atoms with Crippen LogP contribution in [0.3, 0.4) is 0 Å². The van der Waals surface area contributed by atoms with E-state index in [1.54, 1.807) is 35.8 Å². The Morgan fingerprint density at radius 3 is 2.72 bits per heavy atom. The molecule has 0 fully saturated rings. The zero-order valence-electron chi connectivity index (χ0n) is 16.6. The monoisotopic (exact) mass is 414 g/mol. The van der Waals surface area contributed by atoms with E-state index in [1.807, 2.05) is 20.1 Å². The van der Waals surface area contributed by atoms with Crippen molar-refractivity contribution in [3.63, 3.8) is 0 Å². The highest BCUT2D eigenvalue weighted by Crippen LogP contribution is 2.20. The minimum absolute atomic E-state index is 0.0894. The lowest BCUT2D eigenvalue weighted by molar-refractivity contribution is -0.122. The first kappa shape index (κ1) is 20.6. The number of carbonyl (C=O) groups excluding carboxylic acids is 2. The molecule has 0 saturated heterocycles. The number of hydrogen-bond acceptors (Lipinski definition) is 7. The summed E-state index contributed by atoms with van der Waals surface area (Å²) < 4.78 is 7.07. The average molecular weight is 414 g/mol. The molecule has 9 nitrogen and oxygen atoms in total. The van der Waals surface area contributed by atoms with Gasteiger partial charge in [-0.3, -0.25) is 9.59 Å². The second kappa shape index (κ2) is 8.91. The minimum Gasteiger partial charge on any atom is -0.484 e. The number of fused-ring (bicyclic) bond motifs is 1. The van der Waals surface area contributed by atoms with Crippen LogP contribution < -0.4 is 15.4 Å². The van der Waals surface area contributed by atoms with E-state index in [4.69, 9.17) is 4.74 Å². The molecule has 0 aliphatic carbocycles. The molecule has 2 amide bonds. The normalized spacial score (nSPS) is 10.8. The fourth-order valence-corrected chi connectivity index (χ4v) is 3.12. The highest BCUT2D eigenvalue weighted by molar-refractivity contribution is 7.98. The molecule has 152 valence electrons. The molecule has 0 saturated carbocycles. The number of nitrogens with one attached hydrogen (secondary N) is 2. The summed E-state index contributed by atoms with van der Waals surface area (Å²) in [5.41, 5.74) is 2.96. The Morgan fingerprint density at radius 2 is 2.00 bits per heavy atom. The van der Waals surface area contributed by atoms with Crippen molar-refractivity contribution < 1.29 is 14.3 Å². The predicted molar refractivity (Wildman–Crippen MR) is 110 cm³/mol. The Bertz CT molecular complexity index is 1070. The van der Waals surface area contributed by atoms with Crippen LogP contribution in [0.15, 0.2) is 29.4 Å². The van der Waals surface area contributed by atoms with Crippen molar-refractivity contribution in [2.75, 3.05) is 25.2 Å². The highest BCUT2D eigenvalue weighted by atomic mass is 32.2. The van der Waals surface area contributed by atoms with E-state index in [0.717, 1.165) is 17.0 Å². The smallest absolute Gasteiger partial charge is 0.257 e. The number of amides is 2. The summed E-state index contributed by atoms with van der Waals surface area (Å²) >= 11 is 1.44. The molecule has 0 aliphatic heterocycles. The van der Waals surface area contributed by atoms with Crippen LogP contribution in [0.5, 0.6) is 5.75 Å². The van der Waals surface area contributed by atoms with Crippen LogP contribution in [0.1, 0.15) is 17.0 Å². The number of rotatable bonds is 7. The second-order valence-electron chi connectivity index (χ2n) is 6.29. The van der Waals surface area contributed by atoms with Crippen molar-refractivity contribution in [2.24, 2.45) is 0 Å². The molecule has 0 atom stereocenters. The van der Waals surface area contributed by atoms with Gasteiger partial charge in [0, 0.05) is 35.8 Å². The molecule has 0 radical (unpaired) electrons. The van der Waals surface area contributed by atoms with Gasteiger partial charge < -0.3 is 15.4 Å². The molecule has 29 heavy (non-hydrogen) atoms. The molecule has 2 N–H and O–H groups in total. The van der Waals surface area contributed by atoms with Crippen LogP contribution in [0.4, 0.5) is 5.69 Å². The second-order valence-corrected chi connectivity index (χ2v) is 7.06. The molecule has 1 aromatic carbocycles. The topological polar surface area (TPSA) is 111 Å². The average Bonchev–Trinajstić information content (AvgIpc) is 3.12. The van der Waals surface area contributed by atoms with Gasteiger partial charge >= 0.3 is 0 Å². The molecule has 10 heteroatoms. The third-order valence-corrected chi connectivity index (χ3v) is 4.85. The van der Waals surface area contributed by atoms with E-state index in [0.29, 0.717) is 22.4 Å². The standard InChI is InChI=1S/C19H22N6O3S/c1-11-15(12(2)25-18(21-11)23-19(24-25)29-4)9-16(26)22-13-6-5-7-14(8-13)28-10-17(27)20-3/h5-8H,9-10H2,1-4H3,(H,20,27)(H,22,26). The molecule has 2 heterocycles. The van der Waals surface area contributed by atoms with Crippen LogP contribution in [0.2, 0.25) is 0 Å². The Labute approximate surface area is 172 Å². The van der Waals surface area contributed by atoms with Crippen molar-refractivity contribution in [1.82, 2.24) is 24.9 Å². The quantitative estimate of drug-likeness (QED) is 0.567. The van der Waals surface area contributed by atoms with Crippen LogP contribution >= 0.6 is 11.8 Å². The fourth-order valence-electron chi connectivity index (χ4n) is 2.78. The van der Waals surface area contributed by atoms with Gasteiger partial charge in [-0.05, 0) is 32.2 Å². The summed E-state index contributed by atoms with van der Waals surface area (Å²) in [5.74, 6) is 0.598. The molecule has 0 spiro atoms. The van der Waals surface area contributed by atoms with Crippen molar-refractivity contribution in [3.8, 4) is 5.75 Å². The summed E-state index contributed by atoms with van der Waals surface area (Å²) in [6.45, 7) is 3.67. The Hall–Kier alpha value is -3.14. The van der Waals surface area contributed by atoms with E-state index in [1.165, 1.54) is 11.8 Å². The van der Waals surface area contributed by atoms with E-state index in [2.05, 4.69) is 25.7 Å². The van der Waals surface area contributed by atoms with Gasteiger partial charge in [0.05, 0.1) is 6.42 Å². The van der Waals surface area contributed by atoms with E-state index >= 15 is 0 Å². The number of anilines is 1. The van der Waals surface area contributed by atoms with Gasteiger partial charge in [0.2, 0.25) is 11.1 Å². The van der Waals surface area contributed by atoms with Crippen LogP contribution in [-0.4, -0.2) is 51.3 Å². The predicted octanol–water partition coefficient (Wildman–Crippen LogP) is 1.77. The first-order valence-electron chi connectivity index (χ1n) is 8.91. The molecule has 0 unspecified atom stereocenters. The third-order valence-electron chi connectivity index (χ3n) is 4.32. The summed E-state index contributed by atoms with van der Waals surface area (Å²) in [6.07, 6.45) is 2.05. The lowest BCUT2D eigenvalue weighted by Crippen LogP contribution is -2.24. The number of carbonyl (C=O) groups is 2. The molecular formula is C19H22N6O3S. The Morgan fingerprint density at radius 1 is 1.21 bits per heavy atom. The molecular weight excluding hydrogens is 392 g/mol. The zero-order chi connectivity index (χ0) is 21.0. The van der Waals surface area contributed by atoms with Gasteiger partial charge in [0.15, 0.2) is 6.61 Å². The number of aromatic nitrogens is 4. The lowest BCUT2D eigenvalue weighted by Gasteiger charge is -2.11. The summed E-state index contributed by atoms with van der Waals surface area (Å²) in [6, 6.07) is 6.90. The van der Waals surface area contributed by atoms with Gasteiger partial charge in [0.1, 0.15) is 5.75 Å². The largest absolute Gasteiger partial charge is 0.484 e. The maximum Gasteiger partial charge on any atom is 0.257 e. The van der Waals surface area contributed by atoms with Crippen molar-refractivity contribution in [2.45, 2.75) is 25.4 Å². The van der Waals surface area contributed by atoms with Gasteiger partial charge in [-0.2, -0.15) is 4.98 Å². The van der Waals surface area contributed by atoms with Crippen molar-refractivity contribution >= 4 is 35.0 Å². The number of hydrogen-bond donors (Lipinski definition) is 2. The molecule has 0 bridgehead atoms. The number of aryl methyl sites for hydroxylation is 2. The maximum absolute atomic E-state index is 12.6. The summed E-state index contributed by atoms with van der Waals surface area (Å²) in [7, 11) is 1.54. The van der Waals surface area contributed by atoms with E-state index in [9.17, 15) is 9.59 Å². The van der Waals surface area contributed by atoms with Gasteiger partial charge in [0.25, 0.3) is 11.7 Å². The number of nitrogens with zero attached hydrogens (tertiary/aromatic N) is 4. The van der Waals surface area contributed by atoms with Crippen molar-refractivity contribution in [1.29, 1.82) is 0 Å². The number of thioether (sulfide) groups is 1. The molecule has 3 aromatic rings. The zero-order valence-corrected chi connectivity index (χ0v) is 17.5. The fraction of sp³-hybridized carbons (Fsp3) is 0.316. The maximum atomic E-state index is 12.6.